The van der Waals surface area contributed by atoms with Crippen LogP contribution in [-0.2, 0) is 4.79 Å². The molecule has 0 aliphatic carbocycles. The van der Waals surface area contributed by atoms with E-state index in [2.05, 4.69) is 6.92 Å². The molecule has 1 atom stereocenters. The third-order valence-corrected chi connectivity index (χ3v) is 4.07. The number of carboxylic acid groups (broad SMARTS) is 1. The van der Waals surface area contributed by atoms with Gasteiger partial charge in [-0.1, -0.05) is 84.0 Å². The standard InChI is InChI=1S/C18H36O3.Na/c1-2-3-4-5-6-7-8-9-10-11-12-13-14-17(19)15-16-18(20)21;/h17,19H,2-16H2,1H3,(H,20,21);/q;+1/p-1. The first-order valence-corrected chi connectivity index (χ1v) is 9.04. The molecule has 0 aromatic heterocycles. The Labute approximate surface area is 159 Å². The average Bonchev–Trinajstić information content (AvgIpc) is 2.46. The Balaban J connectivity index is 0. The Kier molecular flexibility index (Phi) is 21.8. The van der Waals surface area contributed by atoms with Crippen LogP contribution in [0.4, 0.5) is 0 Å². The molecule has 0 radical (unpaired) electrons. The molecule has 1 unspecified atom stereocenters. The van der Waals surface area contributed by atoms with Crippen molar-refractivity contribution < 1.29 is 44.6 Å². The molecule has 4 heteroatoms. The van der Waals surface area contributed by atoms with E-state index in [0.717, 1.165) is 19.3 Å². The summed E-state index contributed by atoms with van der Waals surface area (Å²) in [6.07, 6.45) is 16.2. The molecule has 0 bridgehead atoms. The number of aliphatic hydroxyl groups excluding tert-OH is 1. The van der Waals surface area contributed by atoms with Gasteiger partial charge < -0.3 is 15.0 Å². The summed E-state index contributed by atoms with van der Waals surface area (Å²) in [7, 11) is 0. The van der Waals surface area contributed by atoms with Crippen LogP contribution in [0.3, 0.4) is 0 Å². The molecule has 1 N–H and O–H groups in total. The third kappa shape index (κ3) is 20.4. The topological polar surface area (TPSA) is 60.4 Å². The van der Waals surface area contributed by atoms with Gasteiger partial charge in [-0.3, -0.25) is 0 Å². The van der Waals surface area contributed by atoms with E-state index in [1.807, 2.05) is 0 Å². The Morgan fingerprint density at radius 1 is 0.818 bits per heavy atom. The molecule has 0 saturated heterocycles. The predicted octanol–water partition coefficient (Wildman–Crippen LogP) is 0.973. The van der Waals surface area contributed by atoms with Crippen molar-refractivity contribution in [1.29, 1.82) is 0 Å². The van der Waals surface area contributed by atoms with Crippen LogP contribution in [0.2, 0.25) is 0 Å². The quantitative estimate of drug-likeness (QED) is 0.340. The van der Waals surface area contributed by atoms with Gasteiger partial charge in [0.2, 0.25) is 0 Å². The van der Waals surface area contributed by atoms with Crippen LogP contribution in [-0.4, -0.2) is 17.2 Å². The summed E-state index contributed by atoms with van der Waals surface area (Å²) >= 11 is 0. The summed E-state index contributed by atoms with van der Waals surface area (Å²) < 4.78 is 0. The normalized spacial score (nSPS) is 11.9. The maximum atomic E-state index is 10.3. The van der Waals surface area contributed by atoms with E-state index in [9.17, 15) is 15.0 Å². The third-order valence-electron chi connectivity index (χ3n) is 4.07. The molecular weight excluding hydrogens is 287 g/mol. The van der Waals surface area contributed by atoms with E-state index in [1.54, 1.807) is 0 Å². The number of carboxylic acids is 1. The largest absolute Gasteiger partial charge is 1.00 e. The molecule has 0 spiro atoms. The minimum absolute atomic E-state index is 0. The molecule has 0 amide bonds. The monoisotopic (exact) mass is 322 g/mol. The first-order chi connectivity index (χ1) is 10.2. The predicted molar refractivity (Wildman–Crippen MR) is 85.9 cm³/mol. The van der Waals surface area contributed by atoms with Crippen LogP contribution in [0.25, 0.3) is 0 Å². The molecule has 0 aromatic carbocycles. The number of aliphatic carboxylic acids is 1. The summed E-state index contributed by atoms with van der Waals surface area (Å²) in [4.78, 5) is 10.3. The first-order valence-electron chi connectivity index (χ1n) is 9.04. The number of hydrogen-bond donors (Lipinski definition) is 1. The molecule has 0 aliphatic rings. The van der Waals surface area contributed by atoms with Gasteiger partial charge in [-0.05, 0) is 19.3 Å². The van der Waals surface area contributed by atoms with Crippen LogP contribution in [0.5, 0.6) is 0 Å². The summed E-state index contributed by atoms with van der Waals surface area (Å²) in [6.45, 7) is 2.25. The molecular formula is C18H35NaO3. The second-order valence-corrected chi connectivity index (χ2v) is 6.24. The number of hydrogen-bond acceptors (Lipinski definition) is 3. The zero-order chi connectivity index (χ0) is 15.8. The number of aliphatic hydroxyl groups is 1. The molecule has 0 saturated carbocycles. The molecule has 126 valence electrons. The van der Waals surface area contributed by atoms with Gasteiger partial charge in [-0.25, -0.2) is 0 Å². The summed E-state index contributed by atoms with van der Waals surface area (Å²) in [5, 5.41) is 19.8. The van der Waals surface area contributed by atoms with Crippen molar-refractivity contribution in [2.45, 2.75) is 109 Å². The van der Waals surface area contributed by atoms with E-state index in [-0.39, 0.29) is 36.0 Å². The fourth-order valence-electron chi connectivity index (χ4n) is 2.65. The second kappa shape index (κ2) is 19.5. The van der Waals surface area contributed by atoms with E-state index >= 15 is 0 Å². The smallest absolute Gasteiger partial charge is 0.550 e. The fourth-order valence-corrected chi connectivity index (χ4v) is 2.65. The van der Waals surface area contributed by atoms with Gasteiger partial charge in [0.25, 0.3) is 0 Å². The average molecular weight is 322 g/mol. The summed E-state index contributed by atoms with van der Waals surface area (Å²) in [5.74, 6) is -1.07. The van der Waals surface area contributed by atoms with Gasteiger partial charge in [0.15, 0.2) is 0 Å². The zero-order valence-corrected chi connectivity index (χ0v) is 16.9. The van der Waals surface area contributed by atoms with Gasteiger partial charge in [-0.2, -0.15) is 0 Å². The SMILES string of the molecule is CCCCCCCCCCCCCCC(O)CCC(=O)[O-].[Na+]. The van der Waals surface area contributed by atoms with Crippen molar-refractivity contribution in [1.82, 2.24) is 0 Å². The van der Waals surface area contributed by atoms with Crippen LogP contribution < -0.4 is 34.7 Å². The number of carbonyl (C=O) groups is 1. The Morgan fingerprint density at radius 3 is 1.64 bits per heavy atom. The maximum absolute atomic E-state index is 10.3. The van der Waals surface area contributed by atoms with E-state index < -0.39 is 12.1 Å². The van der Waals surface area contributed by atoms with E-state index in [4.69, 9.17) is 0 Å². The van der Waals surface area contributed by atoms with Crippen molar-refractivity contribution in [3.8, 4) is 0 Å². The second-order valence-electron chi connectivity index (χ2n) is 6.24. The fraction of sp³-hybridized carbons (Fsp3) is 0.944. The summed E-state index contributed by atoms with van der Waals surface area (Å²) in [5.41, 5.74) is 0. The maximum Gasteiger partial charge on any atom is 1.00 e. The molecule has 0 rings (SSSR count). The molecule has 3 nitrogen and oxygen atoms in total. The molecule has 0 aliphatic heterocycles. The minimum Gasteiger partial charge on any atom is -0.550 e. The Bertz CT molecular complexity index is 234. The van der Waals surface area contributed by atoms with Crippen LogP contribution in [0.1, 0.15) is 103 Å². The van der Waals surface area contributed by atoms with Crippen LogP contribution in [0, 0.1) is 0 Å². The molecule has 0 heterocycles. The Hall–Kier alpha value is 0.430. The number of carbonyl (C=O) groups excluding carboxylic acids is 1. The zero-order valence-electron chi connectivity index (χ0n) is 14.9. The minimum atomic E-state index is -1.07. The number of rotatable bonds is 16. The van der Waals surface area contributed by atoms with E-state index in [1.165, 1.54) is 64.2 Å². The molecule has 0 fully saturated rings. The molecule has 22 heavy (non-hydrogen) atoms. The van der Waals surface area contributed by atoms with Gasteiger partial charge in [0, 0.05) is 5.97 Å². The molecule has 0 aromatic rings. The van der Waals surface area contributed by atoms with Crippen molar-refractivity contribution >= 4 is 5.97 Å². The summed E-state index contributed by atoms with van der Waals surface area (Å²) in [6, 6.07) is 0. The Morgan fingerprint density at radius 2 is 1.23 bits per heavy atom. The van der Waals surface area contributed by atoms with Crippen molar-refractivity contribution in [2.75, 3.05) is 0 Å². The van der Waals surface area contributed by atoms with Crippen LogP contribution >= 0.6 is 0 Å². The van der Waals surface area contributed by atoms with Gasteiger partial charge >= 0.3 is 29.6 Å². The van der Waals surface area contributed by atoms with E-state index in [0.29, 0.717) is 6.42 Å². The van der Waals surface area contributed by atoms with Crippen molar-refractivity contribution in [2.24, 2.45) is 0 Å². The van der Waals surface area contributed by atoms with Crippen molar-refractivity contribution in [3.63, 3.8) is 0 Å². The van der Waals surface area contributed by atoms with Gasteiger partial charge in [0.1, 0.15) is 0 Å². The van der Waals surface area contributed by atoms with Gasteiger partial charge in [-0.15, -0.1) is 0 Å². The van der Waals surface area contributed by atoms with Gasteiger partial charge in [0.05, 0.1) is 6.10 Å². The van der Waals surface area contributed by atoms with Crippen molar-refractivity contribution in [3.05, 3.63) is 0 Å². The van der Waals surface area contributed by atoms with Crippen LogP contribution in [0.15, 0.2) is 0 Å². The number of unbranched alkanes of at least 4 members (excludes halogenated alkanes) is 11. The first kappa shape index (κ1) is 24.7.